The number of oxime groups is 1. The van der Waals surface area contributed by atoms with Crippen molar-refractivity contribution in [3.05, 3.63) is 62.4 Å². The fourth-order valence-electron chi connectivity index (χ4n) is 4.17. The molecule has 204 valence electrons. The van der Waals surface area contributed by atoms with Gasteiger partial charge in [0.15, 0.2) is 10.8 Å². The van der Waals surface area contributed by atoms with Gasteiger partial charge in [0.25, 0.3) is 11.8 Å². The number of fused-ring (bicyclic) bond motifs is 2. The molecule has 0 unspecified atom stereocenters. The van der Waals surface area contributed by atoms with Gasteiger partial charge in [-0.25, -0.2) is 9.78 Å². The number of nitrogen functional groups attached to an aromatic ring is 1. The first kappa shape index (κ1) is 27.6. The molecule has 0 saturated carbocycles. The number of carbonyl (C=O) groups is 3. The van der Waals surface area contributed by atoms with Gasteiger partial charge in [-0.1, -0.05) is 17.3 Å². The molecule has 2 atom stereocenters. The molecule has 5 rings (SSSR count). The third-order valence-corrected chi connectivity index (χ3v) is 10.5. The predicted molar refractivity (Wildman–Crippen MR) is 153 cm³/mol. The van der Waals surface area contributed by atoms with Gasteiger partial charge in [0.05, 0.1) is 4.21 Å². The molecule has 12 nitrogen and oxygen atoms in total. The highest BCUT2D eigenvalue weighted by molar-refractivity contribution is 8.02. The van der Waals surface area contributed by atoms with Crippen LogP contribution in [0.25, 0.3) is 10.1 Å². The van der Waals surface area contributed by atoms with Gasteiger partial charge in [0.1, 0.15) is 41.5 Å². The number of nitrogens with one attached hydrogen (secondary N) is 1. The lowest BCUT2D eigenvalue weighted by molar-refractivity contribution is -0.150. The van der Waals surface area contributed by atoms with E-state index in [0.717, 1.165) is 16.2 Å². The largest absolute Gasteiger partial charge is 0.477 e. The zero-order valence-electron chi connectivity index (χ0n) is 20.4. The van der Waals surface area contributed by atoms with Gasteiger partial charge in [-0.2, -0.15) is 5.26 Å². The summed E-state index contributed by atoms with van der Waals surface area (Å²) in [5.41, 5.74) is 5.58. The molecule has 0 spiro atoms. The summed E-state index contributed by atoms with van der Waals surface area (Å²) in [7, 11) is 1.26. The summed E-state index contributed by atoms with van der Waals surface area (Å²) in [5, 5.41) is 27.5. The number of carboxylic acids is 1. The normalized spacial score (nSPS) is 18.6. The number of hydrogen-bond acceptors (Lipinski definition) is 13. The molecule has 2 aliphatic rings. The number of β-lactam (4-membered cyclic amide) rings is 1. The van der Waals surface area contributed by atoms with Crippen molar-refractivity contribution < 1.29 is 24.3 Å². The van der Waals surface area contributed by atoms with Crippen LogP contribution in [0.15, 0.2) is 55.1 Å². The van der Waals surface area contributed by atoms with Crippen LogP contribution >= 0.6 is 46.2 Å². The zero-order chi connectivity index (χ0) is 28.6. The minimum absolute atomic E-state index is 0.00529. The average molecular weight is 615 g/mol. The van der Waals surface area contributed by atoms with E-state index in [0.29, 0.717) is 19.9 Å². The fourth-order valence-corrected chi connectivity index (χ4v) is 8.56. The van der Waals surface area contributed by atoms with Crippen molar-refractivity contribution in [1.82, 2.24) is 15.2 Å². The number of anilines is 1. The van der Waals surface area contributed by atoms with E-state index < -0.39 is 29.2 Å². The number of carboxylic acid groups (broad SMARTS) is 1. The van der Waals surface area contributed by atoms with Crippen LogP contribution in [0.1, 0.15) is 11.3 Å². The van der Waals surface area contributed by atoms with Crippen molar-refractivity contribution >= 4 is 84.9 Å². The maximum Gasteiger partial charge on any atom is 0.352 e. The van der Waals surface area contributed by atoms with E-state index in [1.54, 1.807) is 24.3 Å². The van der Waals surface area contributed by atoms with Crippen LogP contribution in [-0.2, 0) is 19.2 Å². The quantitative estimate of drug-likeness (QED) is 0.146. The molecular weight excluding hydrogens is 597 g/mol. The molecular formula is C24H18N6O6S4. The molecule has 2 aliphatic heterocycles. The van der Waals surface area contributed by atoms with E-state index in [1.165, 1.54) is 47.4 Å². The smallest absolute Gasteiger partial charge is 0.352 e. The topological polar surface area (TPSA) is 188 Å². The number of hydrogen-bond donors (Lipinski definition) is 3. The third kappa shape index (κ3) is 4.92. The Morgan fingerprint density at radius 3 is 2.83 bits per heavy atom. The molecule has 3 aromatic rings. The number of rotatable bonds is 8. The van der Waals surface area contributed by atoms with Crippen molar-refractivity contribution in [3.63, 3.8) is 0 Å². The molecule has 4 heterocycles. The van der Waals surface area contributed by atoms with Crippen LogP contribution in [0.5, 0.6) is 0 Å². The van der Waals surface area contributed by atoms with Gasteiger partial charge in [-0.05, 0) is 17.7 Å². The van der Waals surface area contributed by atoms with Crippen LogP contribution in [0, 0.1) is 11.3 Å². The van der Waals surface area contributed by atoms with Gasteiger partial charge >= 0.3 is 5.97 Å². The van der Waals surface area contributed by atoms with E-state index in [1.807, 2.05) is 6.07 Å². The molecule has 16 heteroatoms. The van der Waals surface area contributed by atoms with Crippen molar-refractivity contribution in [2.75, 3.05) is 24.3 Å². The van der Waals surface area contributed by atoms with Crippen molar-refractivity contribution in [2.45, 2.75) is 15.6 Å². The summed E-state index contributed by atoms with van der Waals surface area (Å²) < 4.78 is 1.19. The first-order valence-corrected chi connectivity index (χ1v) is 15.1. The Morgan fingerprint density at radius 1 is 1.38 bits per heavy atom. The molecule has 0 aliphatic carbocycles. The summed E-state index contributed by atoms with van der Waals surface area (Å²) in [5.74, 6) is -2.18. The zero-order valence-corrected chi connectivity index (χ0v) is 23.7. The fraction of sp³-hybridized carbons (Fsp3) is 0.208. The van der Waals surface area contributed by atoms with Crippen LogP contribution in [0.2, 0.25) is 0 Å². The minimum Gasteiger partial charge on any atom is -0.477 e. The van der Waals surface area contributed by atoms with Crippen molar-refractivity contribution in [1.29, 1.82) is 5.26 Å². The molecule has 40 heavy (non-hydrogen) atoms. The van der Waals surface area contributed by atoms with E-state index in [4.69, 9.17) is 10.6 Å². The van der Waals surface area contributed by atoms with Crippen LogP contribution in [0.3, 0.4) is 0 Å². The Hall–Kier alpha value is -3.91. The second-order valence-corrected chi connectivity index (χ2v) is 12.6. The lowest BCUT2D eigenvalue weighted by Gasteiger charge is -2.49. The van der Waals surface area contributed by atoms with Gasteiger partial charge in [-0.3, -0.25) is 19.3 Å². The highest BCUT2D eigenvalue weighted by atomic mass is 32.2. The molecule has 0 radical (unpaired) electrons. The number of amides is 2. The second kappa shape index (κ2) is 11.3. The number of aliphatic carboxylic acids is 1. The minimum atomic E-state index is -1.29. The van der Waals surface area contributed by atoms with E-state index in [2.05, 4.69) is 15.5 Å². The maximum absolute atomic E-state index is 13.1. The third-order valence-electron chi connectivity index (χ3n) is 5.95. The monoisotopic (exact) mass is 614 g/mol. The van der Waals surface area contributed by atoms with E-state index in [-0.39, 0.29) is 44.7 Å². The second-order valence-electron chi connectivity index (χ2n) is 8.30. The van der Waals surface area contributed by atoms with Gasteiger partial charge in [-0.15, -0.1) is 46.2 Å². The Kier molecular flexibility index (Phi) is 7.81. The Morgan fingerprint density at radius 2 is 2.15 bits per heavy atom. The molecule has 0 bridgehead atoms. The Balaban J connectivity index is 1.36. The van der Waals surface area contributed by atoms with Crippen molar-refractivity contribution in [2.24, 2.45) is 5.16 Å². The SMILES string of the molecule is CO/N=C(\C(=O)N[C@@H]1C(=O)N2C(C(=O)O)=C(CSc3sc4ccccc4c(=O)c3C#N)CS[C@H]12)c1csc(N)n1. The number of nitrogens with zero attached hydrogens (tertiary/aromatic N) is 4. The standard InChI is InChI=1S/C24H18N6O6S4/c1-36-29-15(13-9-39-24(26)27-13)19(32)28-16-20(33)30-17(22(34)35)10(7-37-21(16)30)8-38-23-12(6-25)18(31)11-4-2-3-5-14(11)40-23/h2-5,9,16,21H,7-8H2,1H3,(H2,26,27)(H,28,32)(H,34,35)/b29-15-/t16-,21-/m1/s1. The summed E-state index contributed by atoms with van der Waals surface area (Å²) in [4.78, 5) is 61.0. The number of thioether (sulfide) groups is 2. The van der Waals surface area contributed by atoms with E-state index >= 15 is 0 Å². The Bertz CT molecular complexity index is 1720. The highest BCUT2D eigenvalue weighted by Gasteiger charge is 2.54. The number of thiazole rings is 1. The Labute approximate surface area is 242 Å². The van der Waals surface area contributed by atoms with Gasteiger partial charge in [0.2, 0.25) is 5.43 Å². The summed E-state index contributed by atoms with van der Waals surface area (Å²) >= 11 is 4.87. The van der Waals surface area contributed by atoms with E-state index in [9.17, 15) is 29.5 Å². The molecule has 4 N–H and O–H groups in total. The molecule has 2 aromatic heterocycles. The number of benzene rings is 1. The number of nitrogens with two attached hydrogens (primary N) is 1. The molecule has 2 amide bonds. The highest BCUT2D eigenvalue weighted by Crippen LogP contribution is 2.42. The maximum atomic E-state index is 13.1. The van der Waals surface area contributed by atoms with Crippen LogP contribution in [0.4, 0.5) is 5.13 Å². The summed E-state index contributed by atoms with van der Waals surface area (Å²) in [6.07, 6.45) is 0. The number of aromatic nitrogens is 1. The number of nitriles is 1. The van der Waals surface area contributed by atoms with Gasteiger partial charge in [0, 0.05) is 27.0 Å². The van der Waals surface area contributed by atoms with Gasteiger partial charge < -0.3 is 21.0 Å². The van der Waals surface area contributed by atoms with Crippen molar-refractivity contribution in [3.8, 4) is 6.07 Å². The molecule has 1 fully saturated rings. The molecule has 1 saturated heterocycles. The lowest BCUT2D eigenvalue weighted by atomic mass is 10.0. The van der Waals surface area contributed by atoms with Crippen LogP contribution in [-0.4, -0.2) is 68.5 Å². The first-order valence-electron chi connectivity index (χ1n) is 11.4. The molecule has 1 aromatic carbocycles. The summed E-state index contributed by atoms with van der Waals surface area (Å²) in [6.45, 7) is 0. The average Bonchev–Trinajstić information content (AvgIpc) is 3.38. The summed E-state index contributed by atoms with van der Waals surface area (Å²) in [6, 6.07) is 7.95. The number of carbonyl (C=O) groups excluding carboxylic acids is 2. The van der Waals surface area contributed by atoms with Crippen LogP contribution < -0.4 is 16.5 Å². The first-order chi connectivity index (χ1) is 19.2. The lowest BCUT2D eigenvalue weighted by Crippen LogP contribution is -2.71. The predicted octanol–water partition coefficient (Wildman–Crippen LogP) is 2.05.